The standard InChI is InChI=1S/C18H28/c1-9-3-11-6-12(4-9)17-15(11)8-16-14-7-13(18(16)17)5-10(14)2/h9-18H,3-8H2,1-2H3. The lowest BCUT2D eigenvalue weighted by atomic mass is 9.69. The van der Waals surface area contributed by atoms with Crippen molar-refractivity contribution in [3.63, 3.8) is 0 Å². The van der Waals surface area contributed by atoms with Crippen molar-refractivity contribution in [1.29, 1.82) is 0 Å². The van der Waals surface area contributed by atoms with Gasteiger partial charge < -0.3 is 0 Å². The molecule has 4 bridgehead atoms. The van der Waals surface area contributed by atoms with Gasteiger partial charge in [0.1, 0.15) is 0 Å². The van der Waals surface area contributed by atoms with Crippen molar-refractivity contribution in [1.82, 2.24) is 0 Å². The summed E-state index contributed by atoms with van der Waals surface area (Å²) in [6.45, 7) is 5.08. The molecule has 0 saturated heterocycles. The molecule has 10 atom stereocenters. The van der Waals surface area contributed by atoms with Gasteiger partial charge in [-0.3, -0.25) is 0 Å². The Hall–Kier alpha value is 0. The Morgan fingerprint density at radius 2 is 1.28 bits per heavy atom. The molecule has 18 heavy (non-hydrogen) atoms. The van der Waals surface area contributed by atoms with Crippen molar-refractivity contribution in [3.05, 3.63) is 0 Å². The summed E-state index contributed by atoms with van der Waals surface area (Å²) in [5.74, 6) is 11.5. The van der Waals surface area contributed by atoms with Crippen LogP contribution < -0.4 is 0 Å². The smallest absolute Gasteiger partial charge is 0.0321 e. The van der Waals surface area contributed by atoms with Crippen LogP contribution in [0.4, 0.5) is 0 Å². The third-order valence-electron chi connectivity index (χ3n) is 8.22. The van der Waals surface area contributed by atoms with Crippen LogP contribution in [0.2, 0.25) is 0 Å². The van der Waals surface area contributed by atoms with Gasteiger partial charge in [0.2, 0.25) is 0 Å². The molecule has 0 nitrogen and oxygen atoms in total. The first kappa shape index (κ1) is 10.7. The second-order valence-corrected chi connectivity index (χ2v) is 8.92. The van der Waals surface area contributed by atoms with E-state index in [1.807, 2.05) is 0 Å². The van der Waals surface area contributed by atoms with Gasteiger partial charge in [0, 0.05) is 0 Å². The third-order valence-corrected chi connectivity index (χ3v) is 8.22. The first-order valence-electron chi connectivity index (χ1n) is 8.72. The van der Waals surface area contributed by atoms with E-state index >= 15 is 0 Å². The largest absolute Gasteiger partial charge is 0.0625 e. The van der Waals surface area contributed by atoms with Crippen LogP contribution in [-0.4, -0.2) is 0 Å². The fourth-order valence-corrected chi connectivity index (χ4v) is 8.11. The minimum absolute atomic E-state index is 1.05. The van der Waals surface area contributed by atoms with E-state index in [1.165, 1.54) is 29.6 Å². The minimum Gasteiger partial charge on any atom is -0.0625 e. The Balaban J connectivity index is 1.50. The van der Waals surface area contributed by atoms with Crippen molar-refractivity contribution in [3.8, 4) is 0 Å². The summed E-state index contributed by atoms with van der Waals surface area (Å²) in [5.41, 5.74) is 0. The first-order valence-corrected chi connectivity index (χ1v) is 8.72. The van der Waals surface area contributed by atoms with Gasteiger partial charge in [-0.15, -0.1) is 0 Å². The molecule has 5 saturated carbocycles. The van der Waals surface area contributed by atoms with Crippen LogP contribution in [0.3, 0.4) is 0 Å². The molecule has 0 heteroatoms. The van der Waals surface area contributed by atoms with E-state index in [0.29, 0.717) is 0 Å². The van der Waals surface area contributed by atoms with Crippen molar-refractivity contribution in [2.24, 2.45) is 59.2 Å². The average molecular weight is 244 g/mol. The van der Waals surface area contributed by atoms with Gasteiger partial charge in [0.15, 0.2) is 0 Å². The molecule has 0 spiro atoms. The second kappa shape index (κ2) is 3.36. The maximum absolute atomic E-state index is 2.55. The maximum atomic E-state index is 2.55. The summed E-state index contributed by atoms with van der Waals surface area (Å²) in [4.78, 5) is 0. The lowest BCUT2D eigenvalue weighted by molar-refractivity contribution is 0.127. The van der Waals surface area contributed by atoms with Crippen LogP contribution in [0, 0.1) is 59.2 Å². The van der Waals surface area contributed by atoms with Crippen LogP contribution in [0.25, 0.3) is 0 Å². The SMILES string of the molecule is CC1CC2CC(C1)C1C2CC2C3CC(CC3C)C21. The predicted molar refractivity (Wildman–Crippen MR) is 74.0 cm³/mol. The maximum Gasteiger partial charge on any atom is -0.0321 e. The molecule has 0 N–H and O–H groups in total. The van der Waals surface area contributed by atoms with Crippen molar-refractivity contribution < 1.29 is 0 Å². The lowest BCUT2D eigenvalue weighted by Crippen LogP contribution is -2.29. The molecule has 0 radical (unpaired) electrons. The summed E-state index contributed by atoms with van der Waals surface area (Å²) < 4.78 is 0. The molecule has 0 heterocycles. The Bertz CT molecular complexity index is 370. The van der Waals surface area contributed by atoms with Gasteiger partial charge in [-0.25, -0.2) is 0 Å². The van der Waals surface area contributed by atoms with Crippen LogP contribution in [0.5, 0.6) is 0 Å². The van der Waals surface area contributed by atoms with E-state index in [0.717, 1.165) is 29.6 Å². The Morgan fingerprint density at radius 3 is 2.17 bits per heavy atom. The van der Waals surface area contributed by atoms with E-state index in [4.69, 9.17) is 0 Å². The van der Waals surface area contributed by atoms with Gasteiger partial charge >= 0.3 is 0 Å². The molecule has 0 aromatic heterocycles. The van der Waals surface area contributed by atoms with Gasteiger partial charge in [-0.05, 0) is 97.7 Å². The summed E-state index contributed by atoms with van der Waals surface area (Å²) in [6.07, 6.45) is 9.70. The highest BCUT2D eigenvalue weighted by Gasteiger charge is 2.64. The van der Waals surface area contributed by atoms with Crippen molar-refractivity contribution in [2.75, 3.05) is 0 Å². The number of hydrogen-bond donors (Lipinski definition) is 0. The normalized spacial score (nSPS) is 68.3. The van der Waals surface area contributed by atoms with Crippen LogP contribution in [-0.2, 0) is 0 Å². The average Bonchev–Trinajstić information content (AvgIpc) is 2.98. The summed E-state index contributed by atoms with van der Waals surface area (Å²) in [6, 6.07) is 0. The van der Waals surface area contributed by atoms with E-state index in [9.17, 15) is 0 Å². The van der Waals surface area contributed by atoms with Crippen LogP contribution in [0.15, 0.2) is 0 Å². The van der Waals surface area contributed by atoms with E-state index in [1.54, 1.807) is 38.5 Å². The zero-order valence-electron chi connectivity index (χ0n) is 12.0. The molecule has 10 unspecified atom stereocenters. The minimum atomic E-state index is 1.05. The van der Waals surface area contributed by atoms with Gasteiger partial charge in [-0.1, -0.05) is 13.8 Å². The van der Waals surface area contributed by atoms with Gasteiger partial charge in [0.25, 0.3) is 0 Å². The zero-order chi connectivity index (χ0) is 12.0. The van der Waals surface area contributed by atoms with Crippen LogP contribution in [0.1, 0.15) is 52.4 Å². The zero-order valence-corrected chi connectivity index (χ0v) is 12.0. The lowest BCUT2D eigenvalue weighted by Gasteiger charge is -2.36. The molecule has 0 aromatic carbocycles. The highest BCUT2D eigenvalue weighted by Crippen LogP contribution is 2.71. The monoisotopic (exact) mass is 244 g/mol. The predicted octanol–water partition coefficient (Wildman–Crippen LogP) is 4.60. The summed E-state index contributed by atoms with van der Waals surface area (Å²) in [7, 11) is 0. The number of hydrogen-bond acceptors (Lipinski definition) is 0. The molecule has 5 aliphatic carbocycles. The molecular formula is C18H28. The third kappa shape index (κ3) is 1.15. The van der Waals surface area contributed by atoms with E-state index < -0.39 is 0 Å². The Morgan fingerprint density at radius 1 is 0.556 bits per heavy atom. The molecule has 0 aliphatic heterocycles. The summed E-state index contributed by atoms with van der Waals surface area (Å²) in [5, 5.41) is 0. The highest BCUT2D eigenvalue weighted by molar-refractivity contribution is 5.12. The van der Waals surface area contributed by atoms with Gasteiger partial charge in [0.05, 0.1) is 0 Å². The van der Waals surface area contributed by atoms with E-state index in [-0.39, 0.29) is 0 Å². The molecule has 5 rings (SSSR count). The topological polar surface area (TPSA) is 0 Å². The quantitative estimate of drug-likeness (QED) is 0.584. The molecule has 5 fully saturated rings. The Labute approximate surface area is 112 Å². The molecule has 0 aromatic rings. The van der Waals surface area contributed by atoms with Crippen molar-refractivity contribution in [2.45, 2.75) is 52.4 Å². The second-order valence-electron chi connectivity index (χ2n) is 8.92. The fourth-order valence-electron chi connectivity index (χ4n) is 8.11. The van der Waals surface area contributed by atoms with Crippen molar-refractivity contribution >= 4 is 0 Å². The molecule has 0 amide bonds. The molecule has 5 aliphatic rings. The molecule has 100 valence electrons. The van der Waals surface area contributed by atoms with E-state index in [2.05, 4.69) is 13.8 Å². The first-order chi connectivity index (χ1) is 8.72. The number of fused-ring (bicyclic) bond motifs is 11. The molecular weight excluding hydrogens is 216 g/mol. The summed E-state index contributed by atoms with van der Waals surface area (Å²) >= 11 is 0. The fraction of sp³-hybridized carbons (Fsp3) is 1.00. The van der Waals surface area contributed by atoms with Gasteiger partial charge in [-0.2, -0.15) is 0 Å². The highest BCUT2D eigenvalue weighted by atomic mass is 14.7. The Kier molecular flexibility index (Phi) is 2.01. The van der Waals surface area contributed by atoms with Crippen LogP contribution >= 0.6 is 0 Å². The number of rotatable bonds is 0.